The highest BCUT2D eigenvalue weighted by Crippen LogP contribution is 2.49. The monoisotopic (exact) mass is 354 g/mol. The molecule has 1 aromatic heterocycles. The van der Waals surface area contributed by atoms with Gasteiger partial charge >= 0.3 is 5.63 Å². The summed E-state index contributed by atoms with van der Waals surface area (Å²) >= 11 is 6.18. The fourth-order valence-electron chi connectivity index (χ4n) is 2.95. The van der Waals surface area contributed by atoms with Crippen LogP contribution in [0, 0.1) is 0 Å². The van der Waals surface area contributed by atoms with E-state index < -0.39 is 17.3 Å². The Balaban J connectivity index is 2.52. The van der Waals surface area contributed by atoms with Crippen LogP contribution in [0.2, 0.25) is 0 Å². The Morgan fingerprint density at radius 3 is 2.54 bits per heavy atom. The standard InChI is InChI=1S/C16H15ClO7/c1-16(21)10-7-4-6(22-2)5-8(18)9(7)15(20)24-12(10)11(19)13(23-3)14(16)17/h4-5,11,18-19,21H,1-3H3/t11?,16-/m1/s1. The zero-order chi connectivity index (χ0) is 17.8. The first kappa shape index (κ1) is 16.6. The van der Waals surface area contributed by atoms with Gasteiger partial charge in [-0.15, -0.1) is 0 Å². The van der Waals surface area contributed by atoms with Crippen molar-refractivity contribution in [3.63, 3.8) is 0 Å². The number of phenolic OH excluding ortho intramolecular Hbond substituents is 1. The number of halogens is 1. The zero-order valence-corrected chi connectivity index (χ0v) is 13.8. The van der Waals surface area contributed by atoms with Gasteiger partial charge in [0.1, 0.15) is 28.2 Å². The topological polar surface area (TPSA) is 109 Å². The number of rotatable bonds is 2. The third-order valence-electron chi connectivity index (χ3n) is 4.10. The quantitative estimate of drug-likeness (QED) is 0.755. The molecule has 1 aliphatic carbocycles. The van der Waals surface area contributed by atoms with Crippen molar-refractivity contribution in [1.82, 2.24) is 0 Å². The number of aromatic hydroxyl groups is 1. The van der Waals surface area contributed by atoms with Gasteiger partial charge in [-0.25, -0.2) is 4.79 Å². The van der Waals surface area contributed by atoms with Crippen molar-refractivity contribution in [3.8, 4) is 11.5 Å². The Labute approximate surface area is 141 Å². The van der Waals surface area contributed by atoms with Crippen LogP contribution in [0.4, 0.5) is 0 Å². The molecule has 0 aliphatic heterocycles. The maximum Gasteiger partial charge on any atom is 0.347 e. The van der Waals surface area contributed by atoms with Crippen LogP contribution in [0.25, 0.3) is 10.8 Å². The van der Waals surface area contributed by atoms with E-state index in [0.29, 0.717) is 0 Å². The van der Waals surface area contributed by atoms with E-state index >= 15 is 0 Å². The van der Waals surface area contributed by atoms with E-state index in [1.807, 2.05) is 0 Å². The predicted octanol–water partition coefficient (Wildman–Crippen LogP) is 1.86. The summed E-state index contributed by atoms with van der Waals surface area (Å²) in [5.41, 5.74) is -2.62. The molecule has 0 saturated carbocycles. The number of aliphatic hydroxyl groups excluding tert-OH is 1. The second-order valence-corrected chi connectivity index (χ2v) is 5.93. The third-order valence-corrected chi connectivity index (χ3v) is 4.65. The molecule has 2 atom stereocenters. The molecule has 128 valence electrons. The molecule has 1 aromatic carbocycles. The molecule has 7 nitrogen and oxygen atoms in total. The van der Waals surface area contributed by atoms with Crippen molar-refractivity contribution in [2.24, 2.45) is 0 Å². The molecule has 0 saturated heterocycles. The lowest BCUT2D eigenvalue weighted by atomic mass is 9.83. The normalized spacial score (nSPS) is 23.3. The molecule has 0 amide bonds. The van der Waals surface area contributed by atoms with Crippen molar-refractivity contribution < 1.29 is 29.2 Å². The summed E-state index contributed by atoms with van der Waals surface area (Å²) in [7, 11) is 2.66. The van der Waals surface area contributed by atoms with Gasteiger partial charge in [0.25, 0.3) is 0 Å². The number of aliphatic hydroxyl groups is 2. The summed E-state index contributed by atoms with van der Waals surface area (Å²) < 4.78 is 15.3. The van der Waals surface area contributed by atoms with Gasteiger partial charge < -0.3 is 29.2 Å². The number of benzene rings is 1. The molecule has 3 rings (SSSR count). The zero-order valence-electron chi connectivity index (χ0n) is 13.1. The lowest BCUT2D eigenvalue weighted by Gasteiger charge is -2.34. The fraction of sp³-hybridized carbons (Fsp3) is 0.312. The lowest BCUT2D eigenvalue weighted by Crippen LogP contribution is -2.32. The summed E-state index contributed by atoms with van der Waals surface area (Å²) in [4.78, 5) is 12.3. The van der Waals surface area contributed by atoms with Gasteiger partial charge in [0.15, 0.2) is 11.9 Å². The molecule has 0 spiro atoms. The summed E-state index contributed by atoms with van der Waals surface area (Å²) in [6, 6.07) is 2.70. The molecule has 1 heterocycles. The molecule has 3 N–H and O–H groups in total. The maximum atomic E-state index is 12.3. The molecule has 1 aliphatic rings. The number of hydrogen-bond donors (Lipinski definition) is 3. The summed E-state index contributed by atoms with van der Waals surface area (Å²) in [6.45, 7) is 1.37. The number of hydrogen-bond acceptors (Lipinski definition) is 7. The SMILES string of the molecule is COC1=C(Cl)[C@](C)(O)c2c(oc(=O)c3c(O)cc(OC)cc23)C1O. The van der Waals surface area contributed by atoms with Gasteiger partial charge in [0.2, 0.25) is 0 Å². The van der Waals surface area contributed by atoms with Crippen LogP contribution in [-0.2, 0) is 10.3 Å². The average molecular weight is 355 g/mol. The number of methoxy groups -OCH3 is 2. The largest absolute Gasteiger partial charge is 0.507 e. The van der Waals surface area contributed by atoms with E-state index in [2.05, 4.69) is 0 Å². The molecule has 8 heteroatoms. The second kappa shape index (κ2) is 5.41. The van der Waals surface area contributed by atoms with Crippen molar-refractivity contribution in [1.29, 1.82) is 0 Å². The number of ether oxygens (including phenoxy) is 2. The molecule has 0 fully saturated rings. The minimum atomic E-state index is -1.81. The Morgan fingerprint density at radius 2 is 1.96 bits per heavy atom. The van der Waals surface area contributed by atoms with Gasteiger partial charge in [-0.2, -0.15) is 0 Å². The minimum absolute atomic E-state index is 0.0598. The molecule has 1 unspecified atom stereocenters. The van der Waals surface area contributed by atoms with Crippen molar-refractivity contribution in [2.75, 3.05) is 14.2 Å². The number of phenols is 1. The molecular formula is C16H15ClO7. The first-order chi connectivity index (χ1) is 11.2. The summed E-state index contributed by atoms with van der Waals surface area (Å²) in [5, 5.41) is 31.3. The van der Waals surface area contributed by atoms with Crippen LogP contribution in [0.3, 0.4) is 0 Å². The van der Waals surface area contributed by atoms with Crippen molar-refractivity contribution in [2.45, 2.75) is 18.6 Å². The maximum absolute atomic E-state index is 12.3. The first-order valence-electron chi connectivity index (χ1n) is 6.96. The van der Waals surface area contributed by atoms with E-state index in [-0.39, 0.29) is 44.4 Å². The van der Waals surface area contributed by atoms with Crippen LogP contribution in [0.5, 0.6) is 11.5 Å². The Kier molecular flexibility index (Phi) is 3.75. The highest BCUT2D eigenvalue weighted by molar-refractivity contribution is 6.31. The van der Waals surface area contributed by atoms with Crippen LogP contribution in [0.15, 0.2) is 32.1 Å². The lowest BCUT2D eigenvalue weighted by molar-refractivity contribution is 0.0481. The van der Waals surface area contributed by atoms with Gasteiger partial charge in [-0.05, 0) is 13.0 Å². The second-order valence-electron chi connectivity index (χ2n) is 5.55. The highest BCUT2D eigenvalue weighted by atomic mass is 35.5. The van der Waals surface area contributed by atoms with Crippen LogP contribution in [-0.4, -0.2) is 29.5 Å². The molecule has 2 aromatic rings. The molecule has 0 bridgehead atoms. The molecule has 24 heavy (non-hydrogen) atoms. The van der Waals surface area contributed by atoms with Crippen molar-refractivity contribution in [3.05, 3.63) is 44.7 Å². The van der Waals surface area contributed by atoms with E-state index in [9.17, 15) is 20.1 Å². The van der Waals surface area contributed by atoms with E-state index in [1.165, 1.54) is 33.3 Å². The first-order valence-corrected chi connectivity index (χ1v) is 7.34. The summed E-state index contributed by atoms with van der Waals surface area (Å²) in [5.74, 6) is -0.435. The van der Waals surface area contributed by atoms with Crippen LogP contribution >= 0.6 is 11.6 Å². The van der Waals surface area contributed by atoms with E-state index in [0.717, 1.165) is 0 Å². The Morgan fingerprint density at radius 1 is 1.29 bits per heavy atom. The Hall–Kier alpha value is -2.22. The average Bonchev–Trinajstić information content (AvgIpc) is 2.52. The van der Waals surface area contributed by atoms with E-state index in [4.69, 9.17) is 25.5 Å². The predicted molar refractivity (Wildman–Crippen MR) is 85.1 cm³/mol. The summed E-state index contributed by atoms with van der Waals surface area (Å²) in [6.07, 6.45) is -1.47. The third kappa shape index (κ3) is 2.09. The van der Waals surface area contributed by atoms with Crippen LogP contribution < -0.4 is 10.4 Å². The van der Waals surface area contributed by atoms with E-state index in [1.54, 1.807) is 0 Å². The fourth-order valence-corrected chi connectivity index (χ4v) is 3.22. The van der Waals surface area contributed by atoms with Crippen LogP contribution in [0.1, 0.15) is 24.4 Å². The van der Waals surface area contributed by atoms with Gasteiger partial charge in [-0.3, -0.25) is 0 Å². The minimum Gasteiger partial charge on any atom is -0.507 e. The van der Waals surface area contributed by atoms with Gasteiger partial charge in [-0.1, -0.05) is 11.6 Å². The highest BCUT2D eigenvalue weighted by Gasteiger charge is 2.45. The Bertz CT molecular complexity index is 926. The number of fused-ring (bicyclic) bond motifs is 3. The molecule has 0 radical (unpaired) electrons. The van der Waals surface area contributed by atoms with Crippen molar-refractivity contribution >= 4 is 22.4 Å². The van der Waals surface area contributed by atoms with Gasteiger partial charge in [0, 0.05) is 17.0 Å². The van der Waals surface area contributed by atoms with Gasteiger partial charge in [0.05, 0.1) is 19.3 Å². The molecular weight excluding hydrogens is 340 g/mol. The smallest absolute Gasteiger partial charge is 0.347 e.